The number of hydrogen-bond donors (Lipinski definition) is 2. The minimum Gasteiger partial charge on any atom is -0.478 e. The molecule has 1 aliphatic carbocycles. The third kappa shape index (κ3) is 5.20. The highest BCUT2D eigenvalue weighted by atomic mass is 35.5. The predicted molar refractivity (Wildman–Crippen MR) is 127 cm³/mol. The molecule has 0 amide bonds. The fraction of sp³-hybridized carbons (Fsp3) is 0.250. The Morgan fingerprint density at radius 3 is 2.47 bits per heavy atom. The van der Waals surface area contributed by atoms with Gasteiger partial charge in [-0.3, -0.25) is 4.98 Å². The highest BCUT2D eigenvalue weighted by molar-refractivity contribution is 5.98. The van der Waals surface area contributed by atoms with Crippen molar-refractivity contribution < 1.29 is 9.90 Å². The first kappa shape index (κ1) is 23.9. The number of carboxylic acids is 1. The fourth-order valence-electron chi connectivity index (χ4n) is 3.68. The Morgan fingerprint density at radius 2 is 1.87 bits per heavy atom. The number of rotatable bonds is 6. The van der Waals surface area contributed by atoms with Crippen LogP contribution in [0.25, 0.3) is 28.1 Å². The fourth-order valence-corrected chi connectivity index (χ4v) is 3.68. The van der Waals surface area contributed by atoms with Crippen molar-refractivity contribution in [2.75, 3.05) is 0 Å². The molecule has 0 bridgehead atoms. The van der Waals surface area contributed by atoms with Crippen LogP contribution in [-0.2, 0) is 17.8 Å². The molecule has 0 aliphatic heterocycles. The molecule has 1 aliphatic rings. The first-order valence-electron chi connectivity index (χ1n) is 9.69. The summed E-state index contributed by atoms with van der Waals surface area (Å²) in [5, 5.41) is 9.95. The number of nitrogens with zero attached hydrogens (tertiary/aromatic N) is 1. The molecular formula is C24H26Cl2N2O2. The first-order chi connectivity index (χ1) is 13.5. The second kappa shape index (κ2) is 10.1. The maximum absolute atomic E-state index is 10.9. The molecule has 0 radical (unpaired) electrons. The van der Waals surface area contributed by atoms with Gasteiger partial charge in [-0.25, -0.2) is 4.79 Å². The van der Waals surface area contributed by atoms with E-state index in [9.17, 15) is 4.79 Å². The lowest BCUT2D eigenvalue weighted by atomic mass is 9.91. The molecule has 2 aromatic carbocycles. The lowest BCUT2D eigenvalue weighted by molar-refractivity contribution is -0.131. The van der Waals surface area contributed by atoms with Crippen LogP contribution in [0, 0.1) is 12.8 Å². The minimum atomic E-state index is -0.959. The van der Waals surface area contributed by atoms with Crippen LogP contribution < -0.4 is 5.73 Å². The summed E-state index contributed by atoms with van der Waals surface area (Å²) in [4.78, 5) is 15.8. The molecule has 1 fully saturated rings. The number of carboxylic acid groups (broad SMARTS) is 1. The van der Waals surface area contributed by atoms with Crippen molar-refractivity contribution in [3.8, 4) is 11.1 Å². The zero-order chi connectivity index (χ0) is 19.7. The van der Waals surface area contributed by atoms with E-state index in [4.69, 9.17) is 15.8 Å². The average Bonchev–Trinajstić information content (AvgIpc) is 3.50. The number of aromatic nitrogens is 1. The van der Waals surface area contributed by atoms with E-state index in [1.807, 2.05) is 18.2 Å². The Hall–Kier alpha value is -2.40. The van der Waals surface area contributed by atoms with Crippen molar-refractivity contribution in [1.82, 2.24) is 4.98 Å². The van der Waals surface area contributed by atoms with Gasteiger partial charge in [-0.05, 0) is 72.6 Å². The van der Waals surface area contributed by atoms with Crippen molar-refractivity contribution in [2.45, 2.75) is 32.7 Å². The van der Waals surface area contributed by atoms with Gasteiger partial charge in [0.2, 0.25) is 0 Å². The van der Waals surface area contributed by atoms with Gasteiger partial charge in [0.05, 0.1) is 5.52 Å². The highest BCUT2D eigenvalue weighted by Crippen LogP contribution is 2.38. The topological polar surface area (TPSA) is 76.2 Å². The predicted octanol–water partition coefficient (Wildman–Crippen LogP) is 5.56. The Balaban J connectivity index is 0.00000160. The monoisotopic (exact) mass is 444 g/mol. The van der Waals surface area contributed by atoms with Gasteiger partial charge in [-0.2, -0.15) is 0 Å². The van der Waals surface area contributed by atoms with E-state index in [0.29, 0.717) is 6.54 Å². The molecule has 6 heteroatoms. The molecule has 3 N–H and O–H groups in total. The summed E-state index contributed by atoms with van der Waals surface area (Å²) in [7, 11) is 0. The summed E-state index contributed by atoms with van der Waals surface area (Å²) in [5.41, 5.74) is 13.6. The van der Waals surface area contributed by atoms with E-state index >= 15 is 0 Å². The van der Waals surface area contributed by atoms with Gasteiger partial charge in [0.1, 0.15) is 0 Å². The van der Waals surface area contributed by atoms with Crippen molar-refractivity contribution >= 4 is 47.8 Å². The Labute approximate surface area is 189 Å². The average molecular weight is 445 g/mol. The summed E-state index contributed by atoms with van der Waals surface area (Å²) >= 11 is 0. The van der Waals surface area contributed by atoms with Crippen LogP contribution in [0.4, 0.5) is 0 Å². The number of halogens is 2. The molecule has 1 saturated carbocycles. The number of hydrogen-bond acceptors (Lipinski definition) is 3. The SMILES string of the molecule is Cc1ccc(-c2c(CN)c(CC3CC3)nc3ccc(/C=C/C(=O)O)cc23)cc1.Cl.Cl. The molecular weight excluding hydrogens is 419 g/mol. The van der Waals surface area contributed by atoms with E-state index < -0.39 is 5.97 Å². The van der Waals surface area contributed by atoms with Crippen molar-refractivity contribution in [3.05, 3.63) is 70.9 Å². The highest BCUT2D eigenvalue weighted by Gasteiger charge is 2.25. The molecule has 3 aromatic rings. The smallest absolute Gasteiger partial charge is 0.328 e. The quantitative estimate of drug-likeness (QED) is 0.487. The summed E-state index contributed by atoms with van der Waals surface area (Å²) in [6.45, 7) is 2.51. The maximum atomic E-state index is 10.9. The van der Waals surface area contributed by atoms with Gasteiger partial charge < -0.3 is 10.8 Å². The van der Waals surface area contributed by atoms with E-state index in [0.717, 1.165) is 57.3 Å². The van der Waals surface area contributed by atoms with Crippen LogP contribution in [0.2, 0.25) is 0 Å². The summed E-state index contributed by atoms with van der Waals surface area (Å²) < 4.78 is 0. The summed E-state index contributed by atoms with van der Waals surface area (Å²) in [5.74, 6) is -0.238. The van der Waals surface area contributed by atoms with Crippen LogP contribution in [0.5, 0.6) is 0 Å². The summed E-state index contributed by atoms with van der Waals surface area (Å²) in [6, 6.07) is 14.4. The number of aryl methyl sites for hydroxylation is 1. The van der Waals surface area contributed by atoms with Crippen LogP contribution in [0.1, 0.15) is 35.2 Å². The van der Waals surface area contributed by atoms with E-state index in [1.54, 1.807) is 6.08 Å². The Morgan fingerprint density at radius 1 is 1.17 bits per heavy atom. The van der Waals surface area contributed by atoms with E-state index in [2.05, 4.69) is 31.2 Å². The molecule has 1 aromatic heterocycles. The number of nitrogens with two attached hydrogens (primary N) is 1. The van der Waals surface area contributed by atoms with Crippen LogP contribution in [0.3, 0.4) is 0 Å². The molecule has 30 heavy (non-hydrogen) atoms. The number of aliphatic carboxylic acids is 1. The molecule has 0 atom stereocenters. The molecule has 1 heterocycles. The van der Waals surface area contributed by atoms with Gasteiger partial charge in [0.25, 0.3) is 0 Å². The first-order valence-corrected chi connectivity index (χ1v) is 9.69. The minimum absolute atomic E-state index is 0. The molecule has 158 valence electrons. The lowest BCUT2D eigenvalue weighted by Gasteiger charge is -2.17. The number of pyridine rings is 1. The van der Waals surface area contributed by atoms with Crippen LogP contribution >= 0.6 is 24.8 Å². The number of benzene rings is 2. The third-order valence-electron chi connectivity index (χ3n) is 5.34. The maximum Gasteiger partial charge on any atom is 0.328 e. The largest absolute Gasteiger partial charge is 0.478 e. The van der Waals surface area contributed by atoms with Crippen molar-refractivity contribution in [2.24, 2.45) is 11.7 Å². The molecule has 0 spiro atoms. The normalized spacial score (nSPS) is 13.1. The van der Waals surface area contributed by atoms with E-state index in [-0.39, 0.29) is 24.8 Å². The Bertz CT molecular complexity index is 1070. The number of carbonyl (C=O) groups is 1. The molecule has 0 unspecified atom stereocenters. The third-order valence-corrected chi connectivity index (χ3v) is 5.34. The van der Waals surface area contributed by atoms with Gasteiger partial charge in [-0.15, -0.1) is 24.8 Å². The Kier molecular flexibility index (Phi) is 8.02. The van der Waals surface area contributed by atoms with Gasteiger partial charge in [0, 0.05) is 23.7 Å². The molecule has 4 rings (SSSR count). The molecule has 0 saturated heterocycles. The van der Waals surface area contributed by atoms with Crippen molar-refractivity contribution in [1.29, 1.82) is 0 Å². The second-order valence-corrected chi connectivity index (χ2v) is 7.58. The van der Waals surface area contributed by atoms with Crippen LogP contribution in [0.15, 0.2) is 48.5 Å². The molecule has 4 nitrogen and oxygen atoms in total. The zero-order valence-corrected chi connectivity index (χ0v) is 18.4. The van der Waals surface area contributed by atoms with Gasteiger partial charge in [-0.1, -0.05) is 35.9 Å². The van der Waals surface area contributed by atoms with Gasteiger partial charge >= 0.3 is 5.97 Å². The lowest BCUT2D eigenvalue weighted by Crippen LogP contribution is -2.08. The van der Waals surface area contributed by atoms with E-state index in [1.165, 1.54) is 18.4 Å². The van der Waals surface area contributed by atoms with Crippen molar-refractivity contribution in [3.63, 3.8) is 0 Å². The van der Waals surface area contributed by atoms with Gasteiger partial charge in [0.15, 0.2) is 0 Å². The second-order valence-electron chi connectivity index (χ2n) is 7.58. The number of fused-ring (bicyclic) bond motifs is 1. The zero-order valence-electron chi connectivity index (χ0n) is 16.8. The summed E-state index contributed by atoms with van der Waals surface area (Å²) in [6.07, 6.45) is 6.28. The standard InChI is InChI=1S/C24H24N2O2.2ClH/c1-15-2-8-18(9-3-15)24-19-12-16(7-11-23(27)28)6-10-21(19)26-22(20(24)14-25)13-17-4-5-17;;/h2-3,6-12,17H,4-5,13-14,25H2,1H3,(H,27,28);2*1H/b11-7+;;. The van der Waals surface area contributed by atoms with Crippen LogP contribution in [-0.4, -0.2) is 16.1 Å².